The van der Waals surface area contributed by atoms with Crippen molar-refractivity contribution in [2.45, 2.75) is 34.5 Å². The predicted octanol–water partition coefficient (Wildman–Crippen LogP) is 7.22. The van der Waals surface area contributed by atoms with Crippen molar-refractivity contribution >= 4 is 46.1 Å². The molecule has 2 aromatic heterocycles. The maximum atomic E-state index is 4.63. The molecule has 5 aromatic rings. The maximum Gasteiger partial charge on any atom is 0.189 e. The monoisotopic (exact) mass is 481 g/mol. The molecule has 0 fully saturated rings. The fourth-order valence-electron chi connectivity index (χ4n) is 3.41. The molecule has 3 aromatic carbocycles. The van der Waals surface area contributed by atoms with E-state index >= 15 is 0 Å². The van der Waals surface area contributed by atoms with Crippen LogP contribution < -0.4 is 5.32 Å². The van der Waals surface area contributed by atoms with Gasteiger partial charge in [-0.05, 0) is 60.9 Å². The number of fused-ring (bicyclic) bond motifs is 1. The number of aromatic nitrogens is 4. The van der Waals surface area contributed by atoms with Gasteiger partial charge in [0.15, 0.2) is 10.8 Å². The Hall–Kier alpha value is -3.42. The van der Waals surface area contributed by atoms with Crippen LogP contribution in [-0.4, -0.2) is 19.9 Å². The summed E-state index contributed by atoms with van der Waals surface area (Å²) in [7, 11) is 0. The molecule has 0 saturated carbocycles. The molecule has 0 aliphatic carbocycles. The normalized spacial score (nSPS) is 11.0. The summed E-state index contributed by atoms with van der Waals surface area (Å²) in [6, 6.07) is 25.2. The summed E-state index contributed by atoms with van der Waals surface area (Å²) < 4.78 is 0. The summed E-state index contributed by atoms with van der Waals surface area (Å²) in [6.07, 6.45) is 3.33. The molecule has 0 atom stereocenters. The van der Waals surface area contributed by atoms with E-state index in [-0.39, 0.29) is 0 Å². The predicted molar refractivity (Wildman–Crippen MR) is 141 cm³/mol. The van der Waals surface area contributed by atoms with Gasteiger partial charge in [0.05, 0.1) is 5.39 Å². The lowest BCUT2D eigenvalue weighted by Crippen LogP contribution is -1.99. The van der Waals surface area contributed by atoms with Crippen LogP contribution >= 0.6 is 23.5 Å². The minimum absolute atomic E-state index is 0.630. The van der Waals surface area contributed by atoms with Gasteiger partial charge < -0.3 is 5.32 Å². The van der Waals surface area contributed by atoms with Crippen molar-refractivity contribution < 1.29 is 0 Å². The highest BCUT2D eigenvalue weighted by atomic mass is 32.2. The molecule has 0 radical (unpaired) electrons. The number of anilines is 2. The van der Waals surface area contributed by atoms with E-state index in [1.165, 1.54) is 32.8 Å². The van der Waals surface area contributed by atoms with E-state index in [9.17, 15) is 0 Å². The summed E-state index contributed by atoms with van der Waals surface area (Å²) in [5, 5.41) is 4.88. The third-order valence-corrected chi connectivity index (χ3v) is 7.37. The highest BCUT2D eigenvalue weighted by Gasteiger charge is 2.09. The first-order chi connectivity index (χ1) is 16.6. The van der Waals surface area contributed by atoms with Gasteiger partial charge in [-0.2, -0.15) is 0 Å². The van der Waals surface area contributed by atoms with Gasteiger partial charge in [-0.3, -0.25) is 0 Å². The van der Waals surface area contributed by atoms with E-state index in [1.807, 2.05) is 18.2 Å². The van der Waals surface area contributed by atoms with Gasteiger partial charge >= 0.3 is 0 Å². The number of nitrogens with zero attached hydrogens (tertiary/aromatic N) is 4. The van der Waals surface area contributed by atoms with Crippen LogP contribution in [0.5, 0.6) is 0 Å². The van der Waals surface area contributed by atoms with Crippen LogP contribution in [0.4, 0.5) is 11.5 Å². The van der Waals surface area contributed by atoms with Gasteiger partial charge in [-0.15, -0.1) is 0 Å². The molecule has 0 aliphatic heterocycles. The zero-order valence-electron chi connectivity index (χ0n) is 18.9. The van der Waals surface area contributed by atoms with Crippen LogP contribution in [0.2, 0.25) is 0 Å². The van der Waals surface area contributed by atoms with Crippen LogP contribution in [-0.2, 0) is 5.75 Å². The summed E-state index contributed by atoms with van der Waals surface area (Å²) >= 11 is 3.37. The van der Waals surface area contributed by atoms with Crippen LogP contribution in [0.1, 0.15) is 16.7 Å². The molecule has 0 saturated heterocycles. The molecule has 0 aliphatic rings. The van der Waals surface area contributed by atoms with Gasteiger partial charge in [-0.25, -0.2) is 19.9 Å². The van der Waals surface area contributed by atoms with Gasteiger partial charge in [0.2, 0.25) is 0 Å². The first kappa shape index (κ1) is 22.4. The van der Waals surface area contributed by atoms with Crippen LogP contribution in [0.15, 0.2) is 100 Å². The maximum absolute atomic E-state index is 4.63. The number of aryl methyl sites for hydroxylation is 2. The highest BCUT2D eigenvalue weighted by molar-refractivity contribution is 7.99. The second-order valence-electron chi connectivity index (χ2n) is 7.91. The SMILES string of the molecule is Cc1ccc(C)c(Sc2ccc(Nc3ncnc4nc(SCc5ccccc5)ncc34)cc2)c1. The Morgan fingerprint density at radius 2 is 1.68 bits per heavy atom. The highest BCUT2D eigenvalue weighted by Crippen LogP contribution is 2.32. The smallest absolute Gasteiger partial charge is 0.189 e. The standard InChI is InChI=1S/C27H23N5S2/c1-18-8-9-19(2)24(14-18)34-22-12-10-21(11-13-22)31-25-23-15-28-27(32-26(23)30-17-29-25)33-16-20-6-4-3-5-7-20/h3-15,17H,16H2,1-2H3,(H,28,29,30,31,32). The Morgan fingerprint density at radius 3 is 2.50 bits per heavy atom. The average molecular weight is 482 g/mol. The van der Waals surface area contributed by atoms with Crippen molar-refractivity contribution in [2.75, 3.05) is 5.32 Å². The summed E-state index contributed by atoms with van der Waals surface area (Å²) in [5.74, 6) is 1.51. The Labute approximate surface area is 207 Å². The molecule has 34 heavy (non-hydrogen) atoms. The number of nitrogens with one attached hydrogen (secondary N) is 1. The second-order valence-corrected chi connectivity index (χ2v) is 9.96. The fourth-order valence-corrected chi connectivity index (χ4v) is 5.18. The van der Waals surface area contributed by atoms with Crippen molar-refractivity contribution in [3.8, 4) is 0 Å². The summed E-state index contributed by atoms with van der Waals surface area (Å²) in [6.45, 7) is 4.27. The quantitative estimate of drug-likeness (QED) is 0.194. The van der Waals surface area contributed by atoms with Crippen molar-refractivity contribution in [1.29, 1.82) is 0 Å². The van der Waals surface area contributed by atoms with Gasteiger partial charge in [0.25, 0.3) is 0 Å². The van der Waals surface area contributed by atoms with Crippen molar-refractivity contribution in [1.82, 2.24) is 19.9 Å². The minimum Gasteiger partial charge on any atom is -0.340 e. The van der Waals surface area contributed by atoms with Crippen LogP contribution in [0, 0.1) is 13.8 Å². The molecule has 5 rings (SSSR count). The lowest BCUT2D eigenvalue weighted by Gasteiger charge is -2.10. The topological polar surface area (TPSA) is 63.6 Å². The van der Waals surface area contributed by atoms with Gasteiger partial charge in [-0.1, -0.05) is 66.0 Å². The molecule has 0 unspecified atom stereocenters. The van der Waals surface area contributed by atoms with Crippen molar-refractivity contribution in [3.63, 3.8) is 0 Å². The van der Waals surface area contributed by atoms with Crippen molar-refractivity contribution in [3.05, 3.63) is 102 Å². The molecular weight excluding hydrogens is 458 g/mol. The van der Waals surface area contributed by atoms with E-state index < -0.39 is 0 Å². The zero-order valence-corrected chi connectivity index (χ0v) is 20.5. The fraction of sp³-hybridized carbons (Fsp3) is 0.111. The zero-order chi connectivity index (χ0) is 23.3. The van der Waals surface area contributed by atoms with Crippen LogP contribution in [0.25, 0.3) is 11.0 Å². The van der Waals surface area contributed by atoms with Crippen LogP contribution in [0.3, 0.4) is 0 Å². The van der Waals surface area contributed by atoms with E-state index in [0.29, 0.717) is 16.6 Å². The number of hydrogen-bond donors (Lipinski definition) is 1. The molecule has 2 heterocycles. The lowest BCUT2D eigenvalue weighted by molar-refractivity contribution is 0.981. The molecular formula is C27H23N5S2. The van der Waals surface area contributed by atoms with Gasteiger partial charge in [0.1, 0.15) is 12.1 Å². The lowest BCUT2D eigenvalue weighted by atomic mass is 10.2. The number of thioether (sulfide) groups is 1. The molecule has 0 spiro atoms. The number of hydrogen-bond acceptors (Lipinski definition) is 7. The summed E-state index contributed by atoms with van der Waals surface area (Å²) in [4.78, 5) is 20.4. The third-order valence-electron chi connectivity index (χ3n) is 5.27. The van der Waals surface area contributed by atoms with E-state index in [4.69, 9.17) is 0 Å². The van der Waals surface area contributed by atoms with Gasteiger partial charge in [0, 0.05) is 27.4 Å². The van der Waals surface area contributed by atoms with E-state index in [0.717, 1.165) is 16.8 Å². The van der Waals surface area contributed by atoms with E-state index in [2.05, 4.69) is 93.7 Å². The average Bonchev–Trinajstić information content (AvgIpc) is 2.87. The molecule has 7 heteroatoms. The third kappa shape index (κ3) is 5.38. The molecule has 1 N–H and O–H groups in total. The molecule has 168 valence electrons. The minimum atomic E-state index is 0.630. The van der Waals surface area contributed by atoms with E-state index in [1.54, 1.807) is 29.7 Å². The largest absolute Gasteiger partial charge is 0.340 e. The first-order valence-electron chi connectivity index (χ1n) is 10.9. The molecule has 0 amide bonds. The first-order valence-corrected chi connectivity index (χ1v) is 12.7. The Balaban J connectivity index is 1.30. The van der Waals surface area contributed by atoms with Crippen molar-refractivity contribution in [2.24, 2.45) is 0 Å². The summed E-state index contributed by atoms with van der Waals surface area (Å²) in [5.41, 5.74) is 5.37. The Morgan fingerprint density at radius 1 is 0.853 bits per heavy atom. The number of benzene rings is 3. The molecule has 5 nitrogen and oxygen atoms in total. The number of rotatable bonds is 7. The Kier molecular flexibility index (Phi) is 6.74. The Bertz CT molecular complexity index is 1420. The second kappa shape index (κ2) is 10.2. The molecule has 0 bridgehead atoms.